The first-order valence-corrected chi connectivity index (χ1v) is 3.63. The Labute approximate surface area is 73.1 Å². The van der Waals surface area contributed by atoms with E-state index in [9.17, 15) is 14.9 Å². The summed E-state index contributed by atoms with van der Waals surface area (Å²) < 4.78 is 4.97. The lowest BCUT2D eigenvalue weighted by atomic mass is 10.1. The van der Waals surface area contributed by atoms with Gasteiger partial charge in [0, 0.05) is 12.1 Å². The van der Waals surface area contributed by atoms with Gasteiger partial charge in [-0.1, -0.05) is 0 Å². The van der Waals surface area contributed by atoms with E-state index >= 15 is 0 Å². The van der Waals surface area contributed by atoms with Gasteiger partial charge in [0.1, 0.15) is 5.75 Å². The lowest BCUT2D eigenvalue weighted by molar-refractivity contribution is -0.384. The number of Topliss-reactive ketones (excluding diaryl/α,β-unsaturated/α-hetero) is 1. The third-order valence-electron chi connectivity index (χ3n) is 1.83. The van der Waals surface area contributed by atoms with Crippen LogP contribution in [0.25, 0.3) is 0 Å². The Bertz CT molecular complexity index is 399. The molecule has 0 spiro atoms. The SMILES string of the molecule is O=C1COc2ccc([N+](=O)[O-])cc21. The third kappa shape index (κ3) is 1.14. The summed E-state index contributed by atoms with van der Waals surface area (Å²) in [5.41, 5.74) is 0.215. The molecule has 0 bridgehead atoms. The van der Waals surface area contributed by atoms with Crippen LogP contribution in [0.15, 0.2) is 18.2 Å². The minimum atomic E-state index is -0.536. The lowest BCUT2D eigenvalue weighted by Crippen LogP contribution is -1.99. The Morgan fingerprint density at radius 1 is 1.46 bits per heavy atom. The molecule has 0 aromatic heterocycles. The number of nitro groups is 1. The van der Waals surface area contributed by atoms with Crippen LogP contribution in [-0.2, 0) is 0 Å². The van der Waals surface area contributed by atoms with Crippen molar-refractivity contribution in [2.24, 2.45) is 0 Å². The zero-order valence-electron chi connectivity index (χ0n) is 6.52. The van der Waals surface area contributed by atoms with E-state index in [1.807, 2.05) is 0 Å². The van der Waals surface area contributed by atoms with Crippen LogP contribution in [0.5, 0.6) is 5.75 Å². The average Bonchev–Trinajstić information content (AvgIpc) is 2.47. The van der Waals surface area contributed by atoms with Crippen LogP contribution in [0, 0.1) is 10.1 Å². The molecule has 0 fully saturated rings. The van der Waals surface area contributed by atoms with Gasteiger partial charge in [-0.2, -0.15) is 0 Å². The lowest BCUT2D eigenvalue weighted by Gasteiger charge is -1.95. The van der Waals surface area contributed by atoms with Crippen LogP contribution < -0.4 is 4.74 Å². The van der Waals surface area contributed by atoms with Crippen molar-refractivity contribution in [2.75, 3.05) is 6.61 Å². The van der Waals surface area contributed by atoms with Crippen molar-refractivity contribution in [2.45, 2.75) is 0 Å². The Morgan fingerprint density at radius 2 is 2.23 bits per heavy atom. The number of ketones is 1. The number of nitrogens with zero attached hydrogens (tertiary/aromatic N) is 1. The third-order valence-corrected chi connectivity index (χ3v) is 1.83. The predicted octanol–water partition coefficient (Wildman–Crippen LogP) is 1.17. The van der Waals surface area contributed by atoms with Gasteiger partial charge in [0.05, 0.1) is 10.5 Å². The molecule has 1 aromatic carbocycles. The maximum Gasteiger partial charge on any atom is 0.270 e. The number of nitro benzene ring substituents is 1. The number of hydrogen-bond donors (Lipinski definition) is 0. The minimum absolute atomic E-state index is 0.0174. The van der Waals surface area contributed by atoms with E-state index in [1.165, 1.54) is 18.2 Å². The monoisotopic (exact) mass is 179 g/mol. The molecular weight excluding hydrogens is 174 g/mol. The predicted molar refractivity (Wildman–Crippen MR) is 42.9 cm³/mol. The molecule has 0 atom stereocenters. The molecule has 5 nitrogen and oxygen atoms in total. The molecule has 66 valence electrons. The van der Waals surface area contributed by atoms with E-state index < -0.39 is 4.92 Å². The normalized spacial score (nSPS) is 13.7. The fourth-order valence-corrected chi connectivity index (χ4v) is 1.20. The van der Waals surface area contributed by atoms with E-state index in [0.29, 0.717) is 11.3 Å². The molecule has 1 aromatic rings. The Hall–Kier alpha value is -1.91. The molecule has 1 aliphatic rings. The summed E-state index contributed by atoms with van der Waals surface area (Å²) in [5.74, 6) is 0.217. The second-order valence-electron chi connectivity index (χ2n) is 2.65. The highest BCUT2D eigenvalue weighted by atomic mass is 16.6. The van der Waals surface area contributed by atoms with Crippen molar-refractivity contribution in [3.8, 4) is 5.75 Å². The number of rotatable bonds is 1. The number of fused-ring (bicyclic) bond motifs is 1. The highest BCUT2D eigenvalue weighted by molar-refractivity contribution is 6.02. The van der Waals surface area contributed by atoms with Crippen molar-refractivity contribution < 1.29 is 14.5 Å². The summed E-state index contributed by atoms with van der Waals surface area (Å²) in [6.45, 7) is -0.0174. The van der Waals surface area contributed by atoms with E-state index in [1.54, 1.807) is 0 Å². The molecule has 0 N–H and O–H groups in total. The van der Waals surface area contributed by atoms with E-state index in [0.717, 1.165) is 0 Å². The van der Waals surface area contributed by atoms with Crippen molar-refractivity contribution in [3.05, 3.63) is 33.9 Å². The van der Waals surface area contributed by atoms with Gasteiger partial charge in [0.25, 0.3) is 5.69 Å². The van der Waals surface area contributed by atoms with Gasteiger partial charge in [-0.25, -0.2) is 0 Å². The van der Waals surface area contributed by atoms with Crippen molar-refractivity contribution in [1.82, 2.24) is 0 Å². The van der Waals surface area contributed by atoms with Crippen LogP contribution in [0.1, 0.15) is 10.4 Å². The average molecular weight is 179 g/mol. The second kappa shape index (κ2) is 2.55. The van der Waals surface area contributed by atoms with Crippen LogP contribution in [-0.4, -0.2) is 17.3 Å². The first-order chi connectivity index (χ1) is 6.18. The molecule has 0 amide bonds. The quantitative estimate of drug-likeness (QED) is 0.479. The first-order valence-electron chi connectivity index (χ1n) is 3.63. The molecule has 0 aliphatic carbocycles. The van der Waals surface area contributed by atoms with Crippen LogP contribution >= 0.6 is 0 Å². The zero-order chi connectivity index (χ0) is 9.42. The van der Waals surface area contributed by atoms with Gasteiger partial charge in [0.15, 0.2) is 6.61 Å². The number of carbonyl (C=O) groups excluding carboxylic acids is 1. The smallest absolute Gasteiger partial charge is 0.270 e. The number of hydrogen-bond acceptors (Lipinski definition) is 4. The van der Waals surface area contributed by atoms with Gasteiger partial charge in [-0.3, -0.25) is 14.9 Å². The van der Waals surface area contributed by atoms with E-state index in [-0.39, 0.29) is 18.1 Å². The Balaban J connectivity index is 2.54. The summed E-state index contributed by atoms with van der Waals surface area (Å²) in [5, 5.41) is 10.4. The van der Waals surface area contributed by atoms with Gasteiger partial charge in [-0.15, -0.1) is 0 Å². The van der Waals surface area contributed by atoms with Crippen molar-refractivity contribution in [3.63, 3.8) is 0 Å². The molecule has 1 heterocycles. The van der Waals surface area contributed by atoms with Gasteiger partial charge in [-0.05, 0) is 6.07 Å². The second-order valence-corrected chi connectivity index (χ2v) is 2.65. The highest BCUT2D eigenvalue weighted by Crippen LogP contribution is 2.28. The molecule has 0 unspecified atom stereocenters. The standard InChI is InChI=1S/C8H5NO4/c10-7-4-13-8-2-1-5(9(11)12)3-6(7)8/h1-3H,4H2. The summed E-state index contributed by atoms with van der Waals surface area (Å²) >= 11 is 0. The van der Waals surface area contributed by atoms with Crippen LogP contribution in [0.3, 0.4) is 0 Å². The topological polar surface area (TPSA) is 69.4 Å². The molecule has 2 rings (SSSR count). The Morgan fingerprint density at radius 3 is 2.92 bits per heavy atom. The number of ether oxygens (including phenoxy) is 1. The molecular formula is C8H5NO4. The van der Waals surface area contributed by atoms with E-state index in [2.05, 4.69) is 0 Å². The maximum absolute atomic E-state index is 11.1. The maximum atomic E-state index is 11.1. The number of benzene rings is 1. The highest BCUT2D eigenvalue weighted by Gasteiger charge is 2.23. The fraction of sp³-hybridized carbons (Fsp3) is 0.125. The van der Waals surface area contributed by atoms with Crippen molar-refractivity contribution in [1.29, 1.82) is 0 Å². The minimum Gasteiger partial charge on any atom is -0.485 e. The van der Waals surface area contributed by atoms with Crippen LogP contribution in [0.2, 0.25) is 0 Å². The molecule has 0 saturated carbocycles. The molecule has 1 aliphatic heterocycles. The molecule has 13 heavy (non-hydrogen) atoms. The summed E-state index contributed by atoms with van der Waals surface area (Å²) in [6, 6.07) is 4.00. The Kier molecular flexibility index (Phi) is 1.51. The molecule has 0 radical (unpaired) electrons. The first kappa shape index (κ1) is 7.72. The van der Waals surface area contributed by atoms with Crippen LogP contribution in [0.4, 0.5) is 5.69 Å². The van der Waals surface area contributed by atoms with Gasteiger partial charge < -0.3 is 4.74 Å². The number of carbonyl (C=O) groups is 1. The van der Waals surface area contributed by atoms with E-state index in [4.69, 9.17) is 4.74 Å². The molecule has 0 saturated heterocycles. The van der Waals surface area contributed by atoms with Gasteiger partial charge in [0.2, 0.25) is 5.78 Å². The molecule has 5 heteroatoms. The van der Waals surface area contributed by atoms with Crippen molar-refractivity contribution >= 4 is 11.5 Å². The van der Waals surface area contributed by atoms with Gasteiger partial charge >= 0.3 is 0 Å². The summed E-state index contributed by atoms with van der Waals surface area (Å²) in [4.78, 5) is 20.9. The summed E-state index contributed by atoms with van der Waals surface area (Å²) in [6.07, 6.45) is 0. The zero-order valence-corrected chi connectivity index (χ0v) is 6.52. The fourth-order valence-electron chi connectivity index (χ4n) is 1.20. The number of non-ortho nitro benzene ring substituents is 1. The largest absolute Gasteiger partial charge is 0.485 e. The summed E-state index contributed by atoms with van der Waals surface area (Å²) in [7, 11) is 0.